The van der Waals surface area contributed by atoms with Crippen LogP contribution < -0.4 is 5.32 Å². The van der Waals surface area contributed by atoms with Crippen molar-refractivity contribution in [2.45, 2.75) is 61.5 Å². The van der Waals surface area contributed by atoms with E-state index < -0.39 is 9.84 Å². The summed E-state index contributed by atoms with van der Waals surface area (Å²) in [5.74, 6) is 0. The molecular weight excluding hydrogens is 210 g/mol. The van der Waals surface area contributed by atoms with Gasteiger partial charge in [-0.15, -0.1) is 0 Å². The van der Waals surface area contributed by atoms with Gasteiger partial charge < -0.3 is 5.32 Å². The topological polar surface area (TPSA) is 46.2 Å². The fraction of sp³-hybridized carbons (Fsp3) is 1.00. The second-order valence-corrected chi connectivity index (χ2v) is 7.43. The molecule has 0 heterocycles. The molecule has 1 N–H and O–H groups in total. The largest absolute Gasteiger partial charge is 0.317 e. The van der Waals surface area contributed by atoms with Crippen LogP contribution in [0.2, 0.25) is 0 Å². The third kappa shape index (κ3) is 2.21. The molecule has 0 saturated heterocycles. The average Bonchev–Trinajstić information content (AvgIpc) is 2.89. The van der Waals surface area contributed by atoms with Crippen molar-refractivity contribution in [2.75, 3.05) is 7.05 Å². The van der Waals surface area contributed by atoms with E-state index in [9.17, 15) is 8.42 Å². The molecule has 2 saturated carbocycles. The van der Waals surface area contributed by atoms with Crippen LogP contribution in [0.1, 0.15) is 44.9 Å². The van der Waals surface area contributed by atoms with E-state index >= 15 is 0 Å². The maximum atomic E-state index is 12.3. The van der Waals surface area contributed by atoms with E-state index in [4.69, 9.17) is 0 Å². The SMILES string of the molecule is CNC1CCC(S(=O)(=O)C2CCCC2)C1. The minimum atomic E-state index is -2.82. The first-order chi connectivity index (χ1) is 7.14. The van der Waals surface area contributed by atoms with E-state index in [2.05, 4.69) is 5.32 Å². The van der Waals surface area contributed by atoms with Gasteiger partial charge in [-0.3, -0.25) is 0 Å². The van der Waals surface area contributed by atoms with Crippen molar-refractivity contribution in [1.82, 2.24) is 5.32 Å². The lowest BCUT2D eigenvalue weighted by Crippen LogP contribution is -2.30. The summed E-state index contributed by atoms with van der Waals surface area (Å²) < 4.78 is 24.5. The van der Waals surface area contributed by atoms with Gasteiger partial charge in [0.1, 0.15) is 0 Å². The summed E-state index contributed by atoms with van der Waals surface area (Å²) in [5.41, 5.74) is 0. The molecule has 0 amide bonds. The summed E-state index contributed by atoms with van der Waals surface area (Å²) in [4.78, 5) is 0. The Morgan fingerprint density at radius 1 is 1.00 bits per heavy atom. The van der Waals surface area contributed by atoms with Crippen molar-refractivity contribution in [2.24, 2.45) is 0 Å². The van der Waals surface area contributed by atoms with Crippen LogP contribution in [0.15, 0.2) is 0 Å². The van der Waals surface area contributed by atoms with Crippen LogP contribution in [-0.4, -0.2) is 32.0 Å². The zero-order valence-corrected chi connectivity index (χ0v) is 10.2. The highest BCUT2D eigenvalue weighted by molar-refractivity contribution is 7.92. The normalized spacial score (nSPS) is 33.7. The Bertz CT molecular complexity index is 307. The van der Waals surface area contributed by atoms with E-state index in [-0.39, 0.29) is 10.5 Å². The average molecular weight is 231 g/mol. The van der Waals surface area contributed by atoms with Gasteiger partial charge in [-0.25, -0.2) is 8.42 Å². The van der Waals surface area contributed by atoms with Gasteiger partial charge in [0.2, 0.25) is 0 Å². The molecule has 0 aromatic heterocycles. The van der Waals surface area contributed by atoms with Crippen molar-refractivity contribution in [3.8, 4) is 0 Å². The van der Waals surface area contributed by atoms with Crippen molar-refractivity contribution in [1.29, 1.82) is 0 Å². The van der Waals surface area contributed by atoms with E-state index in [1.54, 1.807) is 0 Å². The van der Waals surface area contributed by atoms with Crippen LogP contribution in [0.3, 0.4) is 0 Å². The van der Waals surface area contributed by atoms with Crippen molar-refractivity contribution < 1.29 is 8.42 Å². The van der Waals surface area contributed by atoms with Crippen LogP contribution in [0.25, 0.3) is 0 Å². The van der Waals surface area contributed by atoms with Gasteiger partial charge in [-0.1, -0.05) is 12.8 Å². The molecule has 2 fully saturated rings. The highest BCUT2D eigenvalue weighted by Crippen LogP contribution is 2.33. The van der Waals surface area contributed by atoms with Gasteiger partial charge in [0, 0.05) is 6.04 Å². The van der Waals surface area contributed by atoms with Gasteiger partial charge in [0.05, 0.1) is 10.5 Å². The molecular formula is C11H21NO2S. The Morgan fingerprint density at radius 3 is 2.20 bits per heavy atom. The predicted octanol–water partition coefficient (Wildman–Crippen LogP) is 1.48. The van der Waals surface area contributed by atoms with Gasteiger partial charge in [0.15, 0.2) is 9.84 Å². The van der Waals surface area contributed by atoms with Gasteiger partial charge in [-0.05, 0) is 39.2 Å². The van der Waals surface area contributed by atoms with E-state index in [1.807, 2.05) is 7.05 Å². The van der Waals surface area contributed by atoms with E-state index in [1.165, 1.54) is 0 Å². The fourth-order valence-electron chi connectivity index (χ4n) is 2.99. The monoisotopic (exact) mass is 231 g/mol. The fourth-order valence-corrected chi connectivity index (χ4v) is 5.49. The first-order valence-electron chi connectivity index (χ1n) is 6.04. The standard InChI is InChI=1S/C11H21NO2S/c1-12-9-6-7-11(8-9)15(13,14)10-4-2-3-5-10/h9-12H,2-8H2,1H3. The molecule has 0 bridgehead atoms. The first kappa shape index (κ1) is 11.4. The van der Waals surface area contributed by atoms with E-state index in [0.717, 1.165) is 44.9 Å². The molecule has 0 aromatic rings. The zero-order chi connectivity index (χ0) is 10.9. The Balaban J connectivity index is 2.03. The lowest BCUT2D eigenvalue weighted by atomic mass is 10.3. The maximum absolute atomic E-state index is 12.3. The molecule has 0 aromatic carbocycles. The van der Waals surface area contributed by atoms with Gasteiger partial charge in [-0.2, -0.15) is 0 Å². The zero-order valence-electron chi connectivity index (χ0n) is 9.41. The molecule has 2 aliphatic rings. The van der Waals surface area contributed by atoms with Crippen LogP contribution in [0.5, 0.6) is 0 Å². The van der Waals surface area contributed by atoms with Crippen molar-refractivity contribution in [3.63, 3.8) is 0 Å². The minimum absolute atomic E-state index is 0.0156. The van der Waals surface area contributed by atoms with E-state index in [0.29, 0.717) is 6.04 Å². The predicted molar refractivity (Wildman–Crippen MR) is 61.7 cm³/mol. The number of rotatable bonds is 3. The summed E-state index contributed by atoms with van der Waals surface area (Å²) in [5, 5.41) is 3.12. The molecule has 3 nitrogen and oxygen atoms in total. The summed E-state index contributed by atoms with van der Waals surface area (Å²) in [7, 11) is -0.896. The summed E-state index contributed by atoms with van der Waals surface area (Å²) in [6.07, 6.45) is 6.73. The summed E-state index contributed by atoms with van der Waals surface area (Å²) in [6.45, 7) is 0. The summed E-state index contributed by atoms with van der Waals surface area (Å²) >= 11 is 0. The third-order valence-corrected chi connectivity index (χ3v) is 6.78. The molecule has 88 valence electrons. The molecule has 2 rings (SSSR count). The van der Waals surface area contributed by atoms with Crippen LogP contribution >= 0.6 is 0 Å². The Hall–Kier alpha value is -0.0900. The molecule has 2 aliphatic carbocycles. The second-order valence-electron chi connectivity index (χ2n) is 4.92. The lowest BCUT2D eigenvalue weighted by Gasteiger charge is -2.17. The van der Waals surface area contributed by atoms with Crippen LogP contribution in [0, 0.1) is 0 Å². The lowest BCUT2D eigenvalue weighted by molar-refractivity contribution is 0.553. The van der Waals surface area contributed by atoms with Crippen molar-refractivity contribution >= 4 is 9.84 Å². The molecule has 15 heavy (non-hydrogen) atoms. The smallest absolute Gasteiger partial charge is 0.156 e. The summed E-state index contributed by atoms with van der Waals surface area (Å²) in [6, 6.07) is 0.422. The molecule has 2 unspecified atom stereocenters. The Labute approximate surface area is 92.6 Å². The number of nitrogens with one attached hydrogen (secondary N) is 1. The molecule has 0 radical (unpaired) electrons. The minimum Gasteiger partial charge on any atom is -0.317 e. The first-order valence-corrected chi connectivity index (χ1v) is 7.65. The number of sulfone groups is 1. The second kappa shape index (κ2) is 4.42. The quantitative estimate of drug-likeness (QED) is 0.800. The maximum Gasteiger partial charge on any atom is 0.156 e. The molecule has 0 spiro atoms. The van der Waals surface area contributed by atoms with Gasteiger partial charge in [0.25, 0.3) is 0 Å². The molecule has 4 heteroatoms. The molecule has 0 aliphatic heterocycles. The highest BCUT2D eigenvalue weighted by Gasteiger charge is 2.39. The van der Waals surface area contributed by atoms with Crippen LogP contribution in [0.4, 0.5) is 0 Å². The number of hydrogen-bond donors (Lipinski definition) is 1. The Kier molecular flexibility index (Phi) is 3.36. The Morgan fingerprint density at radius 2 is 1.67 bits per heavy atom. The van der Waals surface area contributed by atoms with Crippen molar-refractivity contribution in [3.05, 3.63) is 0 Å². The van der Waals surface area contributed by atoms with Crippen LogP contribution in [-0.2, 0) is 9.84 Å². The number of hydrogen-bond acceptors (Lipinski definition) is 3. The highest BCUT2D eigenvalue weighted by atomic mass is 32.2. The third-order valence-electron chi connectivity index (χ3n) is 4.02. The van der Waals surface area contributed by atoms with Gasteiger partial charge >= 0.3 is 0 Å². The molecule has 2 atom stereocenters.